The minimum atomic E-state index is -2.89. The molecule has 0 amide bonds. The van der Waals surface area contributed by atoms with Crippen molar-refractivity contribution in [3.63, 3.8) is 0 Å². The van der Waals surface area contributed by atoms with Gasteiger partial charge in [-0.1, -0.05) is 39.5 Å². The van der Waals surface area contributed by atoms with Gasteiger partial charge in [-0.2, -0.15) is 0 Å². The van der Waals surface area contributed by atoms with Crippen LogP contribution < -0.4 is 5.32 Å². The molecule has 1 atom stereocenters. The summed E-state index contributed by atoms with van der Waals surface area (Å²) in [6.07, 6.45) is 6.05. The predicted octanol–water partition coefficient (Wildman–Crippen LogP) is 3.25. The molecule has 0 bridgehead atoms. The second-order valence-corrected chi connectivity index (χ2v) is 9.74. The van der Waals surface area contributed by atoms with Crippen molar-refractivity contribution >= 4 is 9.84 Å². The number of nitrogens with one attached hydrogen (secondary N) is 1. The Balaban J connectivity index is 2.49. The second kappa shape index (κ2) is 8.38. The molecule has 1 saturated carbocycles. The molecule has 120 valence electrons. The van der Waals surface area contributed by atoms with E-state index >= 15 is 0 Å². The summed E-state index contributed by atoms with van der Waals surface area (Å²) in [7, 11) is -2.89. The first-order valence-electron chi connectivity index (χ1n) is 8.25. The summed E-state index contributed by atoms with van der Waals surface area (Å²) in [5, 5.41) is 3.29. The average molecular weight is 304 g/mol. The van der Waals surface area contributed by atoms with Crippen molar-refractivity contribution in [3.05, 3.63) is 0 Å². The Labute approximate surface area is 125 Å². The Morgan fingerprint density at radius 3 is 2.15 bits per heavy atom. The maximum atomic E-state index is 12.0. The standard InChI is InChI=1S/C16H33NO2S/c1-13(2)11-17-12-16(15-7-5-6-8-15)9-10-20(18,19)14(3)4/h13-17H,5-12H2,1-4H3. The van der Waals surface area contributed by atoms with E-state index in [0.717, 1.165) is 25.4 Å². The molecule has 0 aliphatic heterocycles. The highest BCUT2D eigenvalue weighted by Crippen LogP contribution is 2.33. The van der Waals surface area contributed by atoms with Crippen molar-refractivity contribution in [1.29, 1.82) is 0 Å². The van der Waals surface area contributed by atoms with Crippen LogP contribution in [-0.4, -0.2) is 32.5 Å². The molecule has 0 heterocycles. The summed E-state index contributed by atoms with van der Waals surface area (Å²) in [4.78, 5) is 0. The Bertz CT molecular complexity index is 357. The normalized spacial score (nSPS) is 19.1. The second-order valence-electron chi connectivity index (χ2n) is 7.06. The molecular weight excluding hydrogens is 270 g/mol. The number of hydrogen-bond acceptors (Lipinski definition) is 3. The third kappa shape index (κ3) is 6.13. The summed E-state index contributed by atoms with van der Waals surface area (Å²) >= 11 is 0. The molecule has 0 radical (unpaired) electrons. The fourth-order valence-electron chi connectivity index (χ4n) is 3.04. The molecule has 1 rings (SSSR count). The Hall–Kier alpha value is -0.0900. The summed E-state index contributed by atoms with van der Waals surface area (Å²) in [5.74, 6) is 2.27. The lowest BCUT2D eigenvalue weighted by molar-refractivity contribution is 0.310. The molecular formula is C16H33NO2S. The Kier molecular flexibility index (Phi) is 7.52. The van der Waals surface area contributed by atoms with Crippen LogP contribution in [0.2, 0.25) is 0 Å². The topological polar surface area (TPSA) is 46.2 Å². The van der Waals surface area contributed by atoms with Crippen LogP contribution in [0.3, 0.4) is 0 Å². The summed E-state index contributed by atoms with van der Waals surface area (Å²) in [6, 6.07) is 0. The maximum Gasteiger partial charge on any atom is 0.152 e. The quantitative estimate of drug-likeness (QED) is 0.711. The monoisotopic (exact) mass is 303 g/mol. The van der Waals surface area contributed by atoms with Gasteiger partial charge in [0.15, 0.2) is 9.84 Å². The Morgan fingerprint density at radius 2 is 1.65 bits per heavy atom. The van der Waals surface area contributed by atoms with Crippen molar-refractivity contribution in [2.75, 3.05) is 18.8 Å². The van der Waals surface area contributed by atoms with E-state index in [0.29, 0.717) is 17.6 Å². The van der Waals surface area contributed by atoms with Crippen molar-refractivity contribution < 1.29 is 8.42 Å². The van der Waals surface area contributed by atoms with E-state index in [1.807, 2.05) is 0 Å². The number of rotatable bonds is 9. The maximum absolute atomic E-state index is 12.0. The van der Waals surface area contributed by atoms with Gasteiger partial charge in [-0.05, 0) is 51.1 Å². The van der Waals surface area contributed by atoms with Crippen LogP contribution >= 0.6 is 0 Å². The molecule has 4 heteroatoms. The minimum absolute atomic E-state index is 0.240. The first-order valence-corrected chi connectivity index (χ1v) is 9.96. The molecule has 0 spiro atoms. The van der Waals surface area contributed by atoms with Crippen LogP contribution in [0.15, 0.2) is 0 Å². The molecule has 1 unspecified atom stereocenters. The summed E-state index contributed by atoms with van der Waals surface area (Å²) < 4.78 is 24.0. The van der Waals surface area contributed by atoms with Gasteiger partial charge >= 0.3 is 0 Å². The highest BCUT2D eigenvalue weighted by molar-refractivity contribution is 7.91. The highest BCUT2D eigenvalue weighted by atomic mass is 32.2. The smallest absolute Gasteiger partial charge is 0.152 e. The molecule has 0 aromatic rings. The van der Waals surface area contributed by atoms with E-state index in [1.165, 1.54) is 25.7 Å². The first-order chi connectivity index (χ1) is 9.33. The molecule has 3 nitrogen and oxygen atoms in total. The van der Waals surface area contributed by atoms with Gasteiger partial charge in [-0.3, -0.25) is 0 Å². The van der Waals surface area contributed by atoms with Crippen molar-refractivity contribution in [1.82, 2.24) is 5.32 Å². The fraction of sp³-hybridized carbons (Fsp3) is 1.00. The fourth-order valence-corrected chi connectivity index (χ4v) is 4.14. The summed E-state index contributed by atoms with van der Waals surface area (Å²) in [5.41, 5.74) is 0. The molecule has 1 fully saturated rings. The molecule has 20 heavy (non-hydrogen) atoms. The van der Waals surface area contributed by atoms with Gasteiger partial charge in [0.05, 0.1) is 11.0 Å². The van der Waals surface area contributed by atoms with Gasteiger partial charge in [0.25, 0.3) is 0 Å². The molecule has 1 N–H and O–H groups in total. The Morgan fingerprint density at radius 1 is 1.05 bits per heavy atom. The molecule has 0 aromatic heterocycles. The van der Waals surface area contributed by atoms with Crippen LogP contribution in [0.1, 0.15) is 59.8 Å². The van der Waals surface area contributed by atoms with Gasteiger partial charge in [0.1, 0.15) is 0 Å². The molecule has 1 aliphatic rings. The van der Waals surface area contributed by atoms with Gasteiger partial charge in [-0.15, -0.1) is 0 Å². The van der Waals surface area contributed by atoms with Gasteiger partial charge in [0, 0.05) is 0 Å². The molecule has 0 aromatic carbocycles. The summed E-state index contributed by atoms with van der Waals surface area (Å²) in [6.45, 7) is 10.0. The van der Waals surface area contributed by atoms with E-state index in [2.05, 4.69) is 19.2 Å². The number of sulfone groups is 1. The lowest BCUT2D eigenvalue weighted by Crippen LogP contribution is -2.32. The lowest BCUT2D eigenvalue weighted by Gasteiger charge is -2.24. The lowest BCUT2D eigenvalue weighted by atomic mass is 9.88. The van der Waals surface area contributed by atoms with Crippen molar-refractivity contribution in [2.24, 2.45) is 17.8 Å². The van der Waals surface area contributed by atoms with Crippen molar-refractivity contribution in [2.45, 2.75) is 65.0 Å². The van der Waals surface area contributed by atoms with Gasteiger partial charge in [-0.25, -0.2) is 8.42 Å². The van der Waals surface area contributed by atoms with Crippen LogP contribution in [0.4, 0.5) is 0 Å². The van der Waals surface area contributed by atoms with Crippen LogP contribution in [-0.2, 0) is 9.84 Å². The first kappa shape index (κ1) is 18.0. The number of hydrogen-bond donors (Lipinski definition) is 1. The van der Waals surface area contributed by atoms with Crippen LogP contribution in [0, 0.1) is 17.8 Å². The SMILES string of the molecule is CC(C)CNCC(CCS(=O)(=O)C(C)C)C1CCCC1. The zero-order valence-corrected chi connectivity index (χ0v) is 14.5. The van der Waals surface area contributed by atoms with Crippen molar-refractivity contribution in [3.8, 4) is 0 Å². The third-order valence-corrected chi connectivity index (χ3v) is 6.76. The zero-order valence-electron chi connectivity index (χ0n) is 13.7. The van der Waals surface area contributed by atoms with Gasteiger partial charge in [0.2, 0.25) is 0 Å². The van der Waals surface area contributed by atoms with E-state index < -0.39 is 9.84 Å². The minimum Gasteiger partial charge on any atom is -0.316 e. The van der Waals surface area contributed by atoms with E-state index in [4.69, 9.17) is 0 Å². The van der Waals surface area contributed by atoms with Gasteiger partial charge < -0.3 is 5.32 Å². The van der Waals surface area contributed by atoms with Crippen LogP contribution in [0.25, 0.3) is 0 Å². The van der Waals surface area contributed by atoms with E-state index in [1.54, 1.807) is 13.8 Å². The average Bonchev–Trinajstić information content (AvgIpc) is 2.86. The van der Waals surface area contributed by atoms with E-state index in [9.17, 15) is 8.42 Å². The predicted molar refractivity (Wildman–Crippen MR) is 86.7 cm³/mol. The molecule has 1 aliphatic carbocycles. The molecule has 0 saturated heterocycles. The zero-order chi connectivity index (χ0) is 15.2. The van der Waals surface area contributed by atoms with E-state index in [-0.39, 0.29) is 5.25 Å². The third-order valence-electron chi connectivity index (χ3n) is 4.52. The van der Waals surface area contributed by atoms with Crippen LogP contribution in [0.5, 0.6) is 0 Å². The largest absolute Gasteiger partial charge is 0.316 e. The highest BCUT2D eigenvalue weighted by Gasteiger charge is 2.27.